The Morgan fingerprint density at radius 2 is 1.81 bits per heavy atom. The van der Waals surface area contributed by atoms with Gasteiger partial charge in [0.2, 0.25) is 11.8 Å². The van der Waals surface area contributed by atoms with Crippen LogP contribution in [0.15, 0.2) is 18.2 Å². The molecule has 4 rings (SSSR count). The summed E-state index contributed by atoms with van der Waals surface area (Å²) in [6.07, 6.45) is 2.97. The van der Waals surface area contributed by atoms with E-state index in [0.717, 1.165) is 49.4 Å². The molecular weight excluding hydrogens is 464 g/mol. The number of benzene rings is 1. The van der Waals surface area contributed by atoms with Crippen LogP contribution in [-0.4, -0.2) is 76.8 Å². The van der Waals surface area contributed by atoms with Gasteiger partial charge in [-0.25, -0.2) is 4.79 Å². The van der Waals surface area contributed by atoms with Crippen LogP contribution in [0.25, 0.3) is 0 Å². The minimum Gasteiger partial charge on any atom is -0.444 e. The third-order valence-electron chi connectivity index (χ3n) is 6.78. The number of carbonyl (C=O) groups is 5. The predicted molar refractivity (Wildman–Crippen MR) is 130 cm³/mol. The van der Waals surface area contributed by atoms with Crippen LogP contribution >= 0.6 is 0 Å². The Kier molecular flexibility index (Phi) is 7.44. The number of amides is 5. The van der Waals surface area contributed by atoms with E-state index in [2.05, 4.69) is 15.5 Å². The average molecular weight is 499 g/mol. The topological polar surface area (TPSA) is 125 Å². The fraction of sp³-hybridized carbons (Fsp3) is 0.577. The van der Waals surface area contributed by atoms with Crippen LogP contribution in [0.2, 0.25) is 0 Å². The molecule has 10 nitrogen and oxygen atoms in total. The maximum absolute atomic E-state index is 13.2. The molecule has 0 aliphatic carbocycles. The molecule has 36 heavy (non-hydrogen) atoms. The summed E-state index contributed by atoms with van der Waals surface area (Å²) in [6, 6.07) is 4.37. The van der Waals surface area contributed by atoms with Gasteiger partial charge in [-0.15, -0.1) is 0 Å². The van der Waals surface area contributed by atoms with Gasteiger partial charge in [0.1, 0.15) is 11.6 Å². The number of likely N-dealkylation sites (tertiary alicyclic amines) is 1. The first-order chi connectivity index (χ1) is 17.0. The first kappa shape index (κ1) is 25.8. The summed E-state index contributed by atoms with van der Waals surface area (Å²) in [7, 11) is 0. The molecule has 0 saturated carbocycles. The smallest absolute Gasteiger partial charge is 0.407 e. The van der Waals surface area contributed by atoms with Gasteiger partial charge < -0.3 is 15.0 Å². The predicted octanol–water partition coefficient (Wildman–Crippen LogP) is 2.01. The van der Waals surface area contributed by atoms with E-state index >= 15 is 0 Å². The Morgan fingerprint density at radius 3 is 2.47 bits per heavy atom. The first-order valence-electron chi connectivity index (χ1n) is 12.6. The summed E-state index contributed by atoms with van der Waals surface area (Å²) >= 11 is 0. The summed E-state index contributed by atoms with van der Waals surface area (Å²) in [5, 5.41) is 5.17. The summed E-state index contributed by atoms with van der Waals surface area (Å²) in [4.78, 5) is 65.3. The Hall–Kier alpha value is -3.27. The number of hydrogen-bond acceptors (Lipinski definition) is 7. The number of alkyl carbamates (subject to hydrolysis) is 1. The van der Waals surface area contributed by atoms with Crippen LogP contribution in [0.4, 0.5) is 4.79 Å². The van der Waals surface area contributed by atoms with Gasteiger partial charge in [-0.3, -0.25) is 29.4 Å². The third kappa shape index (κ3) is 5.75. The molecule has 0 aromatic heterocycles. The van der Waals surface area contributed by atoms with E-state index < -0.39 is 35.3 Å². The highest BCUT2D eigenvalue weighted by molar-refractivity contribution is 6.24. The van der Waals surface area contributed by atoms with Gasteiger partial charge in [-0.1, -0.05) is 12.1 Å². The summed E-state index contributed by atoms with van der Waals surface area (Å²) in [6.45, 7) is 8.07. The van der Waals surface area contributed by atoms with E-state index in [9.17, 15) is 24.0 Å². The van der Waals surface area contributed by atoms with Gasteiger partial charge in [-0.2, -0.15) is 0 Å². The van der Waals surface area contributed by atoms with Crippen molar-refractivity contribution >= 4 is 29.7 Å². The number of nitrogens with one attached hydrogen (secondary N) is 2. The zero-order chi connectivity index (χ0) is 26.0. The molecule has 1 unspecified atom stereocenters. The zero-order valence-corrected chi connectivity index (χ0v) is 21.1. The number of aryl methyl sites for hydroxylation is 1. The van der Waals surface area contributed by atoms with Crippen LogP contribution < -0.4 is 10.6 Å². The molecule has 2 saturated heterocycles. The van der Waals surface area contributed by atoms with Crippen molar-refractivity contribution in [2.24, 2.45) is 0 Å². The summed E-state index contributed by atoms with van der Waals surface area (Å²) < 4.78 is 5.34. The van der Waals surface area contributed by atoms with Gasteiger partial charge in [0, 0.05) is 25.6 Å². The van der Waals surface area contributed by atoms with Crippen LogP contribution in [0.3, 0.4) is 0 Å². The van der Waals surface area contributed by atoms with E-state index in [1.54, 1.807) is 12.1 Å². The Bertz CT molecular complexity index is 1070. The maximum atomic E-state index is 13.2. The van der Waals surface area contributed by atoms with Crippen molar-refractivity contribution in [3.8, 4) is 0 Å². The summed E-state index contributed by atoms with van der Waals surface area (Å²) in [5.74, 6) is -1.94. The average Bonchev–Trinajstić information content (AvgIpc) is 3.05. The molecule has 3 aliphatic heterocycles. The Morgan fingerprint density at radius 1 is 1.08 bits per heavy atom. The number of nitrogens with zero attached hydrogens (tertiary/aromatic N) is 2. The van der Waals surface area contributed by atoms with Crippen molar-refractivity contribution in [3.05, 3.63) is 34.9 Å². The molecule has 10 heteroatoms. The number of rotatable bonds is 6. The minimum absolute atomic E-state index is 0.0930. The highest BCUT2D eigenvalue weighted by Crippen LogP contribution is 2.30. The van der Waals surface area contributed by atoms with E-state index in [4.69, 9.17) is 4.74 Å². The monoisotopic (exact) mass is 498 g/mol. The lowest BCUT2D eigenvalue weighted by molar-refractivity contribution is -0.136. The number of piperidine rings is 2. The number of hydrogen-bond donors (Lipinski definition) is 2. The molecule has 3 aliphatic rings. The van der Waals surface area contributed by atoms with Crippen LogP contribution in [-0.2, 0) is 20.7 Å². The minimum atomic E-state index is -0.960. The Labute approximate surface area is 210 Å². The normalized spacial score (nSPS) is 21.4. The standard InChI is InChI=1S/C26H34N4O6/c1-26(2,3)36-25(35)27-17-11-14-29(15-12-17)13-5-7-16-6-4-8-18-21(16)24(34)30(23(18)33)19-9-10-20(31)28-22(19)32/h4,6,8,17,19H,5,7,9-15H2,1-3H3,(H,27,35)(H,28,31,32). The quantitative estimate of drug-likeness (QED) is 0.575. The fourth-order valence-corrected chi connectivity index (χ4v) is 5.06. The molecular formula is C26H34N4O6. The zero-order valence-electron chi connectivity index (χ0n) is 21.1. The van der Waals surface area contributed by atoms with Crippen LogP contribution in [0.1, 0.15) is 79.2 Å². The van der Waals surface area contributed by atoms with Gasteiger partial charge in [0.25, 0.3) is 11.8 Å². The van der Waals surface area contributed by atoms with E-state index in [-0.39, 0.29) is 25.0 Å². The summed E-state index contributed by atoms with van der Waals surface area (Å²) in [5.41, 5.74) is 0.957. The molecule has 5 amide bonds. The molecule has 0 spiro atoms. The van der Waals surface area contributed by atoms with E-state index in [0.29, 0.717) is 17.5 Å². The molecule has 3 heterocycles. The molecule has 2 fully saturated rings. The molecule has 1 aromatic rings. The van der Waals surface area contributed by atoms with Crippen molar-refractivity contribution in [1.82, 2.24) is 20.4 Å². The number of carbonyl (C=O) groups excluding carboxylic acids is 5. The second-order valence-electron chi connectivity index (χ2n) is 10.7. The van der Waals surface area contributed by atoms with Crippen LogP contribution in [0, 0.1) is 0 Å². The number of imide groups is 2. The number of ether oxygens (including phenoxy) is 1. The van der Waals surface area contributed by atoms with Gasteiger partial charge in [0.15, 0.2) is 0 Å². The second-order valence-corrected chi connectivity index (χ2v) is 10.7. The van der Waals surface area contributed by atoms with Crippen molar-refractivity contribution in [3.63, 3.8) is 0 Å². The van der Waals surface area contributed by atoms with Gasteiger partial charge >= 0.3 is 6.09 Å². The lowest BCUT2D eigenvalue weighted by Crippen LogP contribution is -2.54. The van der Waals surface area contributed by atoms with Gasteiger partial charge in [0.05, 0.1) is 11.1 Å². The first-order valence-corrected chi connectivity index (χ1v) is 12.6. The van der Waals surface area contributed by atoms with Crippen molar-refractivity contribution < 1.29 is 28.7 Å². The van der Waals surface area contributed by atoms with E-state index in [1.165, 1.54) is 0 Å². The SMILES string of the molecule is CC(C)(C)OC(=O)NC1CCN(CCCc2cccc3c2C(=O)N(C2CCC(=O)NC2=O)C3=O)CC1. The highest BCUT2D eigenvalue weighted by Gasteiger charge is 2.45. The number of fused-ring (bicyclic) bond motifs is 1. The van der Waals surface area contributed by atoms with E-state index in [1.807, 2.05) is 26.8 Å². The molecule has 194 valence electrons. The molecule has 1 atom stereocenters. The Balaban J connectivity index is 1.30. The molecule has 1 aromatic carbocycles. The fourth-order valence-electron chi connectivity index (χ4n) is 5.06. The lowest BCUT2D eigenvalue weighted by atomic mass is 9.98. The maximum Gasteiger partial charge on any atom is 0.407 e. The molecule has 0 radical (unpaired) electrons. The second kappa shape index (κ2) is 10.4. The van der Waals surface area contributed by atoms with Crippen molar-refractivity contribution in [2.45, 2.75) is 77.0 Å². The molecule has 2 N–H and O–H groups in total. The third-order valence-corrected chi connectivity index (χ3v) is 6.78. The molecule has 0 bridgehead atoms. The van der Waals surface area contributed by atoms with Crippen molar-refractivity contribution in [2.75, 3.05) is 19.6 Å². The van der Waals surface area contributed by atoms with Crippen LogP contribution in [0.5, 0.6) is 0 Å². The van der Waals surface area contributed by atoms with Crippen molar-refractivity contribution in [1.29, 1.82) is 0 Å². The largest absolute Gasteiger partial charge is 0.444 e. The lowest BCUT2D eigenvalue weighted by Gasteiger charge is -2.32. The highest BCUT2D eigenvalue weighted by atomic mass is 16.6. The van der Waals surface area contributed by atoms with Gasteiger partial charge in [-0.05, 0) is 71.0 Å².